The Morgan fingerprint density at radius 2 is 2.00 bits per heavy atom. The van der Waals surface area contributed by atoms with Crippen LogP contribution in [0.15, 0.2) is 24.3 Å². The normalized spacial score (nSPS) is 27.9. The molecule has 2 atom stereocenters. The second kappa shape index (κ2) is 6.15. The van der Waals surface area contributed by atoms with Crippen molar-refractivity contribution in [3.63, 3.8) is 0 Å². The zero-order valence-electron chi connectivity index (χ0n) is 12.6. The molecular weight excluding hydrogens is 248 g/mol. The van der Waals surface area contributed by atoms with E-state index in [1.165, 1.54) is 31.5 Å². The van der Waals surface area contributed by atoms with Crippen molar-refractivity contribution in [3.05, 3.63) is 29.8 Å². The van der Waals surface area contributed by atoms with Gasteiger partial charge in [-0.15, -0.1) is 0 Å². The highest BCUT2D eigenvalue weighted by atomic mass is 16.5. The van der Waals surface area contributed by atoms with Crippen molar-refractivity contribution in [1.29, 1.82) is 0 Å². The summed E-state index contributed by atoms with van der Waals surface area (Å²) in [5.74, 6) is 2.43. The third kappa shape index (κ3) is 2.99. The summed E-state index contributed by atoms with van der Waals surface area (Å²) in [5.41, 5.74) is 1.33. The molecule has 3 heteroatoms. The maximum absolute atomic E-state index is 5.83. The number of likely N-dealkylation sites (tertiary alicyclic amines) is 1. The van der Waals surface area contributed by atoms with Crippen molar-refractivity contribution in [3.8, 4) is 5.75 Å². The van der Waals surface area contributed by atoms with Gasteiger partial charge in [-0.25, -0.2) is 0 Å². The molecule has 1 N–H and O–H groups in total. The molecule has 3 nitrogen and oxygen atoms in total. The monoisotopic (exact) mass is 274 g/mol. The lowest BCUT2D eigenvalue weighted by Gasteiger charge is -2.35. The van der Waals surface area contributed by atoms with Crippen molar-refractivity contribution in [2.75, 3.05) is 33.3 Å². The van der Waals surface area contributed by atoms with Crippen LogP contribution in [0.2, 0.25) is 0 Å². The van der Waals surface area contributed by atoms with E-state index in [-0.39, 0.29) is 0 Å². The van der Waals surface area contributed by atoms with Gasteiger partial charge >= 0.3 is 0 Å². The number of nitrogens with zero attached hydrogens (tertiary/aromatic N) is 1. The molecule has 2 unspecified atom stereocenters. The fourth-order valence-corrected chi connectivity index (χ4v) is 3.36. The van der Waals surface area contributed by atoms with E-state index in [4.69, 9.17) is 4.74 Å². The second-order valence-electron chi connectivity index (χ2n) is 6.46. The number of hydrogen-bond acceptors (Lipinski definition) is 3. The third-order valence-electron chi connectivity index (χ3n) is 4.79. The second-order valence-corrected chi connectivity index (χ2v) is 6.46. The minimum atomic E-state index is 0.444. The van der Waals surface area contributed by atoms with Crippen LogP contribution in [-0.4, -0.2) is 38.2 Å². The van der Waals surface area contributed by atoms with Crippen LogP contribution in [0.4, 0.5) is 0 Å². The molecule has 0 amide bonds. The molecule has 110 valence electrons. The van der Waals surface area contributed by atoms with Gasteiger partial charge in [0.15, 0.2) is 0 Å². The van der Waals surface area contributed by atoms with Crippen LogP contribution in [0.1, 0.15) is 31.4 Å². The molecule has 1 aromatic rings. The lowest BCUT2D eigenvalue weighted by atomic mass is 9.90. The van der Waals surface area contributed by atoms with Gasteiger partial charge in [0.25, 0.3) is 0 Å². The first-order valence-corrected chi connectivity index (χ1v) is 7.87. The van der Waals surface area contributed by atoms with Crippen LogP contribution < -0.4 is 10.1 Å². The zero-order chi connectivity index (χ0) is 13.9. The predicted molar refractivity (Wildman–Crippen MR) is 82.1 cm³/mol. The largest absolute Gasteiger partial charge is 0.493 e. The van der Waals surface area contributed by atoms with Crippen molar-refractivity contribution in [1.82, 2.24) is 10.2 Å². The molecule has 2 heterocycles. The minimum absolute atomic E-state index is 0.444. The summed E-state index contributed by atoms with van der Waals surface area (Å²) < 4.78 is 5.83. The summed E-state index contributed by atoms with van der Waals surface area (Å²) in [4.78, 5) is 2.43. The molecule has 0 aromatic heterocycles. The van der Waals surface area contributed by atoms with Crippen LogP contribution in [0.25, 0.3) is 0 Å². The van der Waals surface area contributed by atoms with E-state index in [1.807, 2.05) is 0 Å². The summed E-state index contributed by atoms with van der Waals surface area (Å²) >= 11 is 0. The van der Waals surface area contributed by atoms with E-state index in [1.54, 1.807) is 0 Å². The SMILES string of the molecule is CC1COc2ccccc2C1NCC1CCN(C)CC1. The third-order valence-corrected chi connectivity index (χ3v) is 4.79. The highest BCUT2D eigenvalue weighted by Crippen LogP contribution is 2.35. The number of hydrogen-bond donors (Lipinski definition) is 1. The number of fused-ring (bicyclic) bond motifs is 1. The first-order chi connectivity index (χ1) is 9.74. The fourth-order valence-electron chi connectivity index (χ4n) is 3.36. The van der Waals surface area contributed by atoms with Gasteiger partial charge in [0.1, 0.15) is 5.75 Å². The van der Waals surface area contributed by atoms with E-state index < -0.39 is 0 Å². The highest BCUT2D eigenvalue weighted by Gasteiger charge is 2.28. The summed E-state index contributed by atoms with van der Waals surface area (Å²) in [6, 6.07) is 8.91. The Bertz CT molecular complexity index is 440. The van der Waals surface area contributed by atoms with Gasteiger partial charge in [-0.05, 0) is 51.5 Å². The molecule has 1 saturated heterocycles. The standard InChI is InChI=1S/C17H26N2O/c1-13-12-20-16-6-4-3-5-15(16)17(13)18-11-14-7-9-19(2)10-8-14/h3-6,13-14,17-18H,7-12H2,1-2H3. The molecule has 0 saturated carbocycles. The highest BCUT2D eigenvalue weighted by molar-refractivity contribution is 5.37. The Morgan fingerprint density at radius 1 is 1.25 bits per heavy atom. The number of piperidine rings is 1. The van der Waals surface area contributed by atoms with Gasteiger partial charge in [0, 0.05) is 17.5 Å². The molecule has 1 fully saturated rings. The molecule has 0 spiro atoms. The van der Waals surface area contributed by atoms with Crippen LogP contribution in [0, 0.1) is 11.8 Å². The molecule has 0 bridgehead atoms. The lowest BCUT2D eigenvalue weighted by Crippen LogP contribution is -2.39. The van der Waals surface area contributed by atoms with E-state index in [9.17, 15) is 0 Å². The Kier molecular flexibility index (Phi) is 4.27. The fraction of sp³-hybridized carbons (Fsp3) is 0.647. The van der Waals surface area contributed by atoms with E-state index in [2.05, 4.69) is 48.5 Å². The van der Waals surface area contributed by atoms with E-state index in [0.717, 1.165) is 24.8 Å². The van der Waals surface area contributed by atoms with Gasteiger partial charge in [0.2, 0.25) is 0 Å². The number of para-hydroxylation sites is 1. The van der Waals surface area contributed by atoms with Crippen LogP contribution in [-0.2, 0) is 0 Å². The molecule has 20 heavy (non-hydrogen) atoms. The van der Waals surface area contributed by atoms with Gasteiger partial charge in [-0.2, -0.15) is 0 Å². The zero-order valence-corrected chi connectivity index (χ0v) is 12.6. The Morgan fingerprint density at radius 3 is 2.80 bits per heavy atom. The minimum Gasteiger partial charge on any atom is -0.493 e. The van der Waals surface area contributed by atoms with Crippen molar-refractivity contribution in [2.24, 2.45) is 11.8 Å². The van der Waals surface area contributed by atoms with E-state index >= 15 is 0 Å². The summed E-state index contributed by atoms with van der Waals surface area (Å²) in [6.45, 7) is 6.72. The van der Waals surface area contributed by atoms with Crippen LogP contribution in [0.5, 0.6) is 5.75 Å². The van der Waals surface area contributed by atoms with Crippen LogP contribution >= 0.6 is 0 Å². The molecule has 1 aromatic carbocycles. The average Bonchev–Trinajstić information content (AvgIpc) is 2.48. The van der Waals surface area contributed by atoms with Crippen molar-refractivity contribution in [2.45, 2.75) is 25.8 Å². The van der Waals surface area contributed by atoms with Crippen molar-refractivity contribution < 1.29 is 4.74 Å². The number of nitrogens with one attached hydrogen (secondary N) is 1. The molecular formula is C17H26N2O. The maximum atomic E-state index is 5.83. The first kappa shape index (κ1) is 13.9. The molecule has 0 radical (unpaired) electrons. The first-order valence-electron chi connectivity index (χ1n) is 7.87. The van der Waals surface area contributed by atoms with E-state index in [0.29, 0.717) is 12.0 Å². The Labute approximate surface area is 122 Å². The molecule has 3 rings (SSSR count). The molecule has 2 aliphatic heterocycles. The van der Waals surface area contributed by atoms with Crippen molar-refractivity contribution >= 4 is 0 Å². The maximum Gasteiger partial charge on any atom is 0.124 e. The quantitative estimate of drug-likeness (QED) is 0.917. The smallest absolute Gasteiger partial charge is 0.124 e. The summed E-state index contributed by atoms with van der Waals surface area (Å²) in [6.07, 6.45) is 2.64. The summed E-state index contributed by atoms with van der Waals surface area (Å²) in [7, 11) is 2.22. The van der Waals surface area contributed by atoms with Gasteiger partial charge in [-0.3, -0.25) is 0 Å². The number of rotatable bonds is 3. The summed E-state index contributed by atoms with van der Waals surface area (Å²) in [5, 5.41) is 3.81. The number of ether oxygens (including phenoxy) is 1. The Hall–Kier alpha value is -1.06. The van der Waals surface area contributed by atoms with Gasteiger partial charge < -0.3 is 15.0 Å². The molecule has 2 aliphatic rings. The Balaban J connectivity index is 1.62. The molecule has 0 aliphatic carbocycles. The van der Waals surface area contributed by atoms with Crippen LogP contribution in [0.3, 0.4) is 0 Å². The lowest BCUT2D eigenvalue weighted by molar-refractivity contribution is 0.171. The number of benzene rings is 1. The topological polar surface area (TPSA) is 24.5 Å². The predicted octanol–water partition coefficient (Wildman–Crippen LogP) is 2.69. The van der Waals surface area contributed by atoms with Gasteiger partial charge in [0.05, 0.1) is 6.61 Å². The van der Waals surface area contributed by atoms with Gasteiger partial charge in [-0.1, -0.05) is 25.1 Å². The average molecular weight is 274 g/mol.